The van der Waals surface area contributed by atoms with Gasteiger partial charge in [0.15, 0.2) is 5.82 Å². The lowest BCUT2D eigenvalue weighted by Crippen LogP contribution is -2.42. The second-order valence-corrected chi connectivity index (χ2v) is 7.58. The van der Waals surface area contributed by atoms with Crippen LogP contribution in [0.4, 0.5) is 4.39 Å². The SMILES string of the molecule is O=S(=O)(c1ncccc1F)N1CCCC1C1CCCC1O. The maximum Gasteiger partial charge on any atom is 0.263 e. The van der Waals surface area contributed by atoms with Crippen molar-refractivity contribution in [1.82, 2.24) is 9.29 Å². The summed E-state index contributed by atoms with van der Waals surface area (Å²) >= 11 is 0. The van der Waals surface area contributed by atoms with Gasteiger partial charge in [0.05, 0.1) is 6.10 Å². The van der Waals surface area contributed by atoms with E-state index in [4.69, 9.17) is 0 Å². The molecule has 0 spiro atoms. The summed E-state index contributed by atoms with van der Waals surface area (Å²) in [6.07, 6.45) is 4.73. The Bertz CT molecular complexity index is 622. The molecule has 1 aliphatic heterocycles. The van der Waals surface area contributed by atoms with E-state index < -0.39 is 27.0 Å². The van der Waals surface area contributed by atoms with Crippen LogP contribution in [-0.2, 0) is 10.0 Å². The zero-order chi connectivity index (χ0) is 15.0. The van der Waals surface area contributed by atoms with Gasteiger partial charge in [-0.05, 0) is 37.8 Å². The van der Waals surface area contributed by atoms with E-state index in [1.54, 1.807) is 0 Å². The third-order valence-corrected chi connectivity index (χ3v) is 6.41. The van der Waals surface area contributed by atoms with Crippen molar-refractivity contribution in [3.05, 3.63) is 24.1 Å². The van der Waals surface area contributed by atoms with Gasteiger partial charge in [0, 0.05) is 24.7 Å². The van der Waals surface area contributed by atoms with Gasteiger partial charge < -0.3 is 5.11 Å². The molecule has 21 heavy (non-hydrogen) atoms. The molecular weight excluding hydrogens is 295 g/mol. The molecule has 1 aromatic rings. The van der Waals surface area contributed by atoms with Gasteiger partial charge in [0.1, 0.15) is 0 Å². The molecule has 0 amide bonds. The monoisotopic (exact) mass is 314 g/mol. The van der Waals surface area contributed by atoms with Gasteiger partial charge in [-0.3, -0.25) is 0 Å². The fourth-order valence-electron chi connectivity index (χ4n) is 3.58. The largest absolute Gasteiger partial charge is 0.393 e. The Morgan fingerprint density at radius 2 is 2.10 bits per heavy atom. The molecule has 3 unspecified atom stereocenters. The van der Waals surface area contributed by atoms with E-state index in [-0.39, 0.29) is 12.0 Å². The average molecular weight is 314 g/mol. The summed E-state index contributed by atoms with van der Waals surface area (Å²) in [6, 6.07) is 2.24. The predicted molar refractivity (Wildman–Crippen MR) is 74.5 cm³/mol. The molecule has 0 aromatic carbocycles. The Labute approximate surface area is 123 Å². The van der Waals surface area contributed by atoms with Crippen molar-refractivity contribution < 1.29 is 17.9 Å². The summed E-state index contributed by atoms with van der Waals surface area (Å²) in [5, 5.41) is 9.54. The van der Waals surface area contributed by atoms with E-state index in [2.05, 4.69) is 4.98 Å². The molecule has 2 aliphatic rings. The lowest BCUT2D eigenvalue weighted by molar-refractivity contribution is 0.0973. The molecule has 5 nitrogen and oxygen atoms in total. The second-order valence-electron chi connectivity index (χ2n) is 5.78. The lowest BCUT2D eigenvalue weighted by atomic mass is 9.95. The van der Waals surface area contributed by atoms with Gasteiger partial charge in [0.25, 0.3) is 10.0 Å². The van der Waals surface area contributed by atoms with E-state index in [1.807, 2.05) is 0 Å². The highest BCUT2D eigenvalue weighted by Gasteiger charge is 2.44. The highest BCUT2D eigenvalue weighted by Crippen LogP contribution is 2.38. The fraction of sp³-hybridized carbons (Fsp3) is 0.643. The Balaban J connectivity index is 1.93. The van der Waals surface area contributed by atoms with Crippen LogP contribution >= 0.6 is 0 Å². The molecule has 1 N–H and O–H groups in total. The molecule has 1 aliphatic carbocycles. The van der Waals surface area contributed by atoms with E-state index in [9.17, 15) is 17.9 Å². The van der Waals surface area contributed by atoms with Gasteiger partial charge in [-0.25, -0.2) is 17.8 Å². The maximum atomic E-state index is 13.8. The predicted octanol–water partition coefficient (Wildman–Crippen LogP) is 1.53. The Morgan fingerprint density at radius 1 is 1.29 bits per heavy atom. The zero-order valence-electron chi connectivity index (χ0n) is 11.7. The summed E-state index contributed by atoms with van der Waals surface area (Å²) in [5.41, 5.74) is 0. The van der Waals surface area contributed by atoms with Crippen LogP contribution < -0.4 is 0 Å². The summed E-state index contributed by atoms with van der Waals surface area (Å²) in [5.74, 6) is -0.871. The molecule has 7 heteroatoms. The van der Waals surface area contributed by atoms with Crippen LogP contribution in [-0.4, -0.2) is 41.5 Å². The highest BCUT2D eigenvalue weighted by molar-refractivity contribution is 7.89. The van der Waals surface area contributed by atoms with Crippen molar-refractivity contribution >= 4 is 10.0 Å². The number of sulfonamides is 1. The number of aliphatic hydroxyl groups excluding tert-OH is 1. The number of hydrogen-bond donors (Lipinski definition) is 1. The van der Waals surface area contributed by atoms with Crippen molar-refractivity contribution in [3.8, 4) is 0 Å². The Morgan fingerprint density at radius 3 is 2.76 bits per heavy atom. The molecule has 3 atom stereocenters. The number of aromatic nitrogens is 1. The number of halogens is 1. The first kappa shape index (κ1) is 14.9. The quantitative estimate of drug-likeness (QED) is 0.918. The topological polar surface area (TPSA) is 70.5 Å². The molecule has 2 fully saturated rings. The molecule has 0 radical (unpaired) electrons. The van der Waals surface area contributed by atoms with Gasteiger partial charge in [-0.1, -0.05) is 6.42 Å². The van der Waals surface area contributed by atoms with Crippen molar-refractivity contribution in [1.29, 1.82) is 0 Å². The second kappa shape index (κ2) is 5.62. The maximum absolute atomic E-state index is 13.8. The Hall–Kier alpha value is -1.05. The highest BCUT2D eigenvalue weighted by atomic mass is 32.2. The molecule has 116 valence electrons. The normalized spacial score (nSPS) is 30.9. The van der Waals surface area contributed by atoms with Crippen LogP contribution in [0.2, 0.25) is 0 Å². The molecular formula is C14H19FN2O3S. The average Bonchev–Trinajstić information content (AvgIpc) is 3.07. The zero-order valence-corrected chi connectivity index (χ0v) is 12.5. The number of nitrogens with zero attached hydrogens (tertiary/aromatic N) is 2. The fourth-order valence-corrected chi connectivity index (χ4v) is 5.30. The van der Waals surface area contributed by atoms with E-state index in [1.165, 1.54) is 16.6 Å². The van der Waals surface area contributed by atoms with Crippen molar-refractivity contribution in [2.24, 2.45) is 5.92 Å². The number of hydrogen-bond acceptors (Lipinski definition) is 4. The molecule has 3 rings (SSSR count). The Kier molecular flexibility index (Phi) is 3.98. The van der Waals surface area contributed by atoms with Gasteiger partial charge in [0.2, 0.25) is 5.03 Å². The van der Waals surface area contributed by atoms with Crippen molar-refractivity contribution in [2.45, 2.75) is 49.3 Å². The first-order valence-corrected chi connectivity index (χ1v) is 8.76. The third kappa shape index (κ3) is 2.58. The van der Waals surface area contributed by atoms with Gasteiger partial charge >= 0.3 is 0 Å². The van der Waals surface area contributed by atoms with Crippen LogP contribution in [0.25, 0.3) is 0 Å². The molecule has 2 heterocycles. The molecule has 1 saturated heterocycles. The minimum absolute atomic E-state index is 0.0472. The first-order valence-electron chi connectivity index (χ1n) is 7.32. The summed E-state index contributed by atoms with van der Waals surface area (Å²) < 4.78 is 40.5. The number of pyridine rings is 1. The van der Waals surface area contributed by atoms with Crippen LogP contribution in [0, 0.1) is 11.7 Å². The van der Waals surface area contributed by atoms with E-state index in [0.717, 1.165) is 31.7 Å². The summed E-state index contributed by atoms with van der Waals surface area (Å²) in [6.45, 7) is 0.367. The summed E-state index contributed by atoms with van der Waals surface area (Å²) in [4.78, 5) is 3.71. The van der Waals surface area contributed by atoms with Crippen molar-refractivity contribution in [3.63, 3.8) is 0 Å². The standard InChI is InChI=1S/C14H19FN2O3S/c15-11-5-2-8-16-14(11)21(19,20)17-9-3-6-12(17)10-4-1-7-13(10)18/h2,5,8,10,12-13,18H,1,3-4,6-7,9H2. The molecule has 0 bridgehead atoms. The van der Waals surface area contributed by atoms with E-state index >= 15 is 0 Å². The number of aliphatic hydroxyl groups is 1. The number of rotatable bonds is 3. The van der Waals surface area contributed by atoms with Crippen LogP contribution in [0.15, 0.2) is 23.4 Å². The molecule has 1 aromatic heterocycles. The van der Waals surface area contributed by atoms with Crippen LogP contribution in [0.1, 0.15) is 32.1 Å². The molecule has 1 saturated carbocycles. The third-order valence-electron chi connectivity index (χ3n) is 4.55. The van der Waals surface area contributed by atoms with E-state index in [0.29, 0.717) is 13.0 Å². The van der Waals surface area contributed by atoms with Crippen LogP contribution in [0.3, 0.4) is 0 Å². The lowest BCUT2D eigenvalue weighted by Gasteiger charge is -2.30. The summed E-state index contributed by atoms with van der Waals surface area (Å²) in [7, 11) is -3.94. The first-order chi connectivity index (χ1) is 10.0. The van der Waals surface area contributed by atoms with Crippen molar-refractivity contribution in [2.75, 3.05) is 6.54 Å². The van der Waals surface area contributed by atoms with Gasteiger partial charge in [-0.2, -0.15) is 4.31 Å². The minimum atomic E-state index is -3.94. The minimum Gasteiger partial charge on any atom is -0.393 e. The smallest absolute Gasteiger partial charge is 0.263 e. The van der Waals surface area contributed by atoms with Gasteiger partial charge in [-0.15, -0.1) is 0 Å². The van der Waals surface area contributed by atoms with Crippen LogP contribution in [0.5, 0.6) is 0 Å².